The summed E-state index contributed by atoms with van der Waals surface area (Å²) in [4.78, 5) is 0. The molecule has 0 heterocycles. The average Bonchev–Trinajstić information content (AvgIpc) is 2.21. The first-order valence-electron chi connectivity index (χ1n) is 5.52. The van der Waals surface area contributed by atoms with Crippen molar-refractivity contribution in [3.63, 3.8) is 0 Å². The summed E-state index contributed by atoms with van der Waals surface area (Å²) in [6, 6.07) is 0.302. The maximum Gasteiger partial charge on any atom is 0.0223 e. The molecule has 0 aliphatic heterocycles. The van der Waals surface area contributed by atoms with E-state index in [1.807, 2.05) is 6.08 Å². The number of nitrogens with two attached hydrogens (primary N) is 1. The van der Waals surface area contributed by atoms with Crippen LogP contribution >= 0.6 is 0 Å². The molecule has 2 unspecified atom stereocenters. The van der Waals surface area contributed by atoms with Gasteiger partial charge in [0.05, 0.1) is 0 Å². The Morgan fingerprint density at radius 1 is 1.21 bits per heavy atom. The van der Waals surface area contributed by atoms with Gasteiger partial charge in [0.2, 0.25) is 0 Å². The van der Waals surface area contributed by atoms with Crippen molar-refractivity contribution in [2.45, 2.75) is 38.1 Å². The van der Waals surface area contributed by atoms with Gasteiger partial charge in [0, 0.05) is 6.04 Å². The first-order valence-corrected chi connectivity index (χ1v) is 5.52. The Bertz CT molecular complexity index is 215. The van der Waals surface area contributed by atoms with Gasteiger partial charge in [-0.3, -0.25) is 0 Å². The highest BCUT2D eigenvalue weighted by molar-refractivity contribution is 5.02. The molecule has 0 bridgehead atoms. The molecular formula is C13H21N. The first-order chi connectivity index (χ1) is 6.83. The Hall–Kier alpha value is -0.820. The molecule has 2 N–H and O–H groups in total. The van der Waals surface area contributed by atoms with E-state index in [1.54, 1.807) is 0 Å². The van der Waals surface area contributed by atoms with Gasteiger partial charge in [-0.2, -0.15) is 0 Å². The minimum Gasteiger partial charge on any atom is -0.324 e. The third kappa shape index (κ3) is 4.43. The molecule has 0 saturated carbocycles. The molecule has 0 aromatic carbocycles. The number of rotatable bonds is 5. The van der Waals surface area contributed by atoms with E-state index in [-0.39, 0.29) is 0 Å². The van der Waals surface area contributed by atoms with E-state index >= 15 is 0 Å². The van der Waals surface area contributed by atoms with Gasteiger partial charge < -0.3 is 5.73 Å². The second kappa shape index (κ2) is 6.61. The second-order valence-electron chi connectivity index (χ2n) is 3.96. The minimum absolute atomic E-state index is 0.302. The quantitative estimate of drug-likeness (QED) is 0.524. The van der Waals surface area contributed by atoms with Gasteiger partial charge in [-0.15, -0.1) is 6.58 Å². The highest BCUT2D eigenvalue weighted by Crippen LogP contribution is 2.20. The number of allylic oxidation sites excluding steroid dienone is 4. The van der Waals surface area contributed by atoms with Crippen LogP contribution in [0, 0.1) is 5.92 Å². The molecule has 0 aromatic heterocycles. The van der Waals surface area contributed by atoms with Crippen LogP contribution in [0.15, 0.2) is 37.0 Å². The monoisotopic (exact) mass is 191 g/mol. The Morgan fingerprint density at radius 2 is 2.07 bits per heavy atom. The Morgan fingerprint density at radius 3 is 2.71 bits per heavy atom. The summed E-state index contributed by atoms with van der Waals surface area (Å²) >= 11 is 0. The molecule has 0 amide bonds. The smallest absolute Gasteiger partial charge is 0.0223 e. The Balaban J connectivity index is 2.15. The predicted molar refractivity (Wildman–Crippen MR) is 63.0 cm³/mol. The fraction of sp³-hybridized carbons (Fsp3) is 0.538. The maximum absolute atomic E-state index is 5.78. The predicted octanol–water partition coefficient (Wildman–Crippen LogP) is 3.19. The van der Waals surface area contributed by atoms with Gasteiger partial charge in [-0.1, -0.05) is 30.4 Å². The van der Waals surface area contributed by atoms with Gasteiger partial charge in [0.1, 0.15) is 0 Å². The molecule has 0 saturated heterocycles. The average molecular weight is 191 g/mol. The number of unbranched alkanes of at least 4 members (excludes halogenated alkanes) is 1. The van der Waals surface area contributed by atoms with E-state index in [0.29, 0.717) is 6.04 Å². The summed E-state index contributed by atoms with van der Waals surface area (Å²) in [5.41, 5.74) is 5.78. The van der Waals surface area contributed by atoms with E-state index in [4.69, 9.17) is 5.73 Å². The lowest BCUT2D eigenvalue weighted by molar-refractivity contribution is 0.513. The zero-order valence-corrected chi connectivity index (χ0v) is 8.86. The lowest BCUT2D eigenvalue weighted by Gasteiger charge is -2.18. The lowest BCUT2D eigenvalue weighted by Crippen LogP contribution is -2.21. The Kier molecular flexibility index (Phi) is 5.31. The molecule has 0 spiro atoms. The highest BCUT2D eigenvalue weighted by Gasteiger charge is 2.10. The van der Waals surface area contributed by atoms with Gasteiger partial charge in [-0.25, -0.2) is 0 Å². The fourth-order valence-electron chi connectivity index (χ4n) is 1.70. The molecule has 14 heavy (non-hydrogen) atoms. The maximum atomic E-state index is 5.78. The van der Waals surface area contributed by atoms with Gasteiger partial charge in [0.15, 0.2) is 0 Å². The van der Waals surface area contributed by atoms with Crippen LogP contribution in [0.4, 0.5) is 0 Å². The van der Waals surface area contributed by atoms with E-state index in [1.165, 1.54) is 12.8 Å². The van der Waals surface area contributed by atoms with Crippen molar-refractivity contribution in [3.8, 4) is 0 Å². The van der Waals surface area contributed by atoms with Crippen molar-refractivity contribution < 1.29 is 0 Å². The normalized spacial score (nSPS) is 26.9. The standard InChI is InChI=1S/C13H21N/c1-2-3-4-5-6-7-12-8-10-13(14)11-9-12/h2,5-6,8,10,12-13H,1,3-4,7,9,11,14H2/b6-5-. The van der Waals surface area contributed by atoms with Crippen LogP contribution in [0.3, 0.4) is 0 Å². The zero-order chi connectivity index (χ0) is 10.2. The first kappa shape index (κ1) is 11.3. The highest BCUT2D eigenvalue weighted by atomic mass is 14.6. The second-order valence-corrected chi connectivity index (χ2v) is 3.96. The van der Waals surface area contributed by atoms with Crippen LogP contribution in [0.2, 0.25) is 0 Å². The van der Waals surface area contributed by atoms with Gasteiger partial charge >= 0.3 is 0 Å². The summed E-state index contributed by atoms with van der Waals surface area (Å²) in [6.45, 7) is 3.70. The molecule has 0 fully saturated rings. The van der Waals surface area contributed by atoms with Crippen molar-refractivity contribution in [2.75, 3.05) is 0 Å². The molecule has 1 heteroatoms. The third-order valence-electron chi connectivity index (χ3n) is 2.64. The van der Waals surface area contributed by atoms with Crippen LogP contribution in [0.25, 0.3) is 0 Å². The number of hydrogen-bond acceptors (Lipinski definition) is 1. The molecule has 1 aliphatic carbocycles. The van der Waals surface area contributed by atoms with Crippen molar-refractivity contribution in [2.24, 2.45) is 11.7 Å². The van der Waals surface area contributed by atoms with Crippen LogP contribution < -0.4 is 5.73 Å². The van der Waals surface area contributed by atoms with Crippen LogP contribution in [-0.4, -0.2) is 6.04 Å². The Labute approximate surface area is 87.4 Å². The van der Waals surface area contributed by atoms with Crippen molar-refractivity contribution >= 4 is 0 Å². The molecule has 1 nitrogen and oxygen atoms in total. The fourth-order valence-corrected chi connectivity index (χ4v) is 1.70. The third-order valence-corrected chi connectivity index (χ3v) is 2.64. The molecule has 0 aromatic rings. The largest absolute Gasteiger partial charge is 0.324 e. The lowest BCUT2D eigenvalue weighted by atomic mass is 9.91. The zero-order valence-electron chi connectivity index (χ0n) is 8.86. The van der Waals surface area contributed by atoms with Crippen molar-refractivity contribution in [1.29, 1.82) is 0 Å². The molecule has 78 valence electrons. The number of hydrogen-bond donors (Lipinski definition) is 1. The molecule has 0 radical (unpaired) electrons. The summed E-state index contributed by atoms with van der Waals surface area (Å²) in [5.74, 6) is 0.717. The minimum atomic E-state index is 0.302. The van der Waals surface area contributed by atoms with Gasteiger partial charge in [0.25, 0.3) is 0 Å². The van der Waals surface area contributed by atoms with Crippen LogP contribution in [0.1, 0.15) is 32.1 Å². The summed E-state index contributed by atoms with van der Waals surface area (Å²) in [5, 5.41) is 0. The summed E-state index contributed by atoms with van der Waals surface area (Å²) in [6.07, 6.45) is 16.7. The van der Waals surface area contributed by atoms with Crippen molar-refractivity contribution in [3.05, 3.63) is 37.0 Å². The molecule has 2 atom stereocenters. The van der Waals surface area contributed by atoms with Crippen LogP contribution in [-0.2, 0) is 0 Å². The SMILES string of the molecule is C=CCC/C=C\CC1C=CC(N)CC1. The van der Waals surface area contributed by atoms with E-state index in [9.17, 15) is 0 Å². The molecule has 1 aliphatic rings. The molecule has 1 rings (SSSR count). The van der Waals surface area contributed by atoms with Crippen LogP contribution in [0.5, 0.6) is 0 Å². The van der Waals surface area contributed by atoms with E-state index < -0.39 is 0 Å². The summed E-state index contributed by atoms with van der Waals surface area (Å²) in [7, 11) is 0. The van der Waals surface area contributed by atoms with E-state index in [2.05, 4.69) is 30.9 Å². The van der Waals surface area contributed by atoms with Gasteiger partial charge in [-0.05, 0) is 38.0 Å². The molecular weight excluding hydrogens is 170 g/mol. The van der Waals surface area contributed by atoms with E-state index in [0.717, 1.165) is 25.2 Å². The summed E-state index contributed by atoms with van der Waals surface area (Å²) < 4.78 is 0. The van der Waals surface area contributed by atoms with Crippen molar-refractivity contribution in [1.82, 2.24) is 0 Å². The topological polar surface area (TPSA) is 26.0 Å².